The van der Waals surface area contributed by atoms with Gasteiger partial charge in [-0.3, -0.25) is 9.59 Å². The van der Waals surface area contributed by atoms with Crippen LogP contribution in [0.25, 0.3) is 0 Å². The lowest BCUT2D eigenvalue weighted by Crippen LogP contribution is -2.54. The summed E-state index contributed by atoms with van der Waals surface area (Å²) in [5.74, 6) is -0.954. The van der Waals surface area contributed by atoms with E-state index >= 15 is 0 Å². The zero-order chi connectivity index (χ0) is 16.4. The molecule has 1 aromatic rings. The third kappa shape index (κ3) is 3.68. The normalized spacial score (nSPS) is 19.8. The standard InChI is InChI=1S/C16H20FN3O3.ClH/c17-12-10-11(3-4-13(12)20-7-1-2-14(20)21)19-15(22)16(18)5-8-23-9-6-16;/h3-4,10H,1-2,5-9,18H2,(H,19,22);1H. The largest absolute Gasteiger partial charge is 0.381 e. The highest BCUT2D eigenvalue weighted by atomic mass is 35.5. The van der Waals surface area contributed by atoms with E-state index in [2.05, 4.69) is 5.32 Å². The van der Waals surface area contributed by atoms with Crippen molar-refractivity contribution in [1.82, 2.24) is 0 Å². The first-order chi connectivity index (χ1) is 11.0. The first-order valence-electron chi connectivity index (χ1n) is 7.78. The van der Waals surface area contributed by atoms with Gasteiger partial charge in [0.05, 0.1) is 5.69 Å². The van der Waals surface area contributed by atoms with Gasteiger partial charge in [0.25, 0.3) is 0 Å². The van der Waals surface area contributed by atoms with E-state index < -0.39 is 11.4 Å². The van der Waals surface area contributed by atoms with Crippen LogP contribution in [0.3, 0.4) is 0 Å². The van der Waals surface area contributed by atoms with E-state index in [0.29, 0.717) is 44.7 Å². The number of nitrogens with one attached hydrogen (secondary N) is 1. The van der Waals surface area contributed by atoms with Crippen LogP contribution in [-0.2, 0) is 14.3 Å². The Bertz CT molecular complexity index is 635. The monoisotopic (exact) mass is 357 g/mol. The molecule has 2 amide bonds. The third-order valence-corrected chi connectivity index (χ3v) is 4.41. The number of ether oxygens (including phenoxy) is 1. The second-order valence-electron chi connectivity index (χ2n) is 6.04. The molecule has 3 N–H and O–H groups in total. The van der Waals surface area contributed by atoms with Crippen molar-refractivity contribution in [1.29, 1.82) is 0 Å². The molecular formula is C16H21ClFN3O3. The number of halogens is 2. The van der Waals surface area contributed by atoms with Gasteiger partial charge in [0, 0.05) is 31.9 Å². The fraction of sp³-hybridized carbons (Fsp3) is 0.500. The summed E-state index contributed by atoms with van der Waals surface area (Å²) in [6.45, 7) is 1.40. The van der Waals surface area contributed by atoms with Crippen LogP contribution in [0.1, 0.15) is 25.7 Å². The second kappa shape index (κ2) is 7.46. The summed E-state index contributed by atoms with van der Waals surface area (Å²) < 4.78 is 19.5. The molecule has 0 spiro atoms. The number of amides is 2. The smallest absolute Gasteiger partial charge is 0.244 e. The Labute approximate surface area is 145 Å². The van der Waals surface area contributed by atoms with Crippen molar-refractivity contribution in [3.05, 3.63) is 24.0 Å². The topological polar surface area (TPSA) is 84.7 Å². The van der Waals surface area contributed by atoms with Crippen molar-refractivity contribution in [3.8, 4) is 0 Å². The second-order valence-corrected chi connectivity index (χ2v) is 6.04. The van der Waals surface area contributed by atoms with Gasteiger partial charge in [0.1, 0.15) is 11.4 Å². The molecule has 8 heteroatoms. The molecule has 6 nitrogen and oxygen atoms in total. The van der Waals surface area contributed by atoms with E-state index in [1.165, 1.54) is 17.0 Å². The van der Waals surface area contributed by atoms with Gasteiger partial charge < -0.3 is 20.7 Å². The van der Waals surface area contributed by atoms with Crippen LogP contribution >= 0.6 is 12.4 Å². The van der Waals surface area contributed by atoms with Gasteiger partial charge in [-0.05, 0) is 37.5 Å². The predicted molar refractivity (Wildman–Crippen MR) is 90.8 cm³/mol. The zero-order valence-corrected chi connectivity index (χ0v) is 14.0. The fourth-order valence-electron chi connectivity index (χ4n) is 2.92. The van der Waals surface area contributed by atoms with Gasteiger partial charge >= 0.3 is 0 Å². The Balaban J connectivity index is 0.00000208. The highest BCUT2D eigenvalue weighted by Gasteiger charge is 2.36. The first kappa shape index (κ1) is 18.6. The minimum Gasteiger partial charge on any atom is -0.381 e. The van der Waals surface area contributed by atoms with Crippen molar-refractivity contribution in [3.63, 3.8) is 0 Å². The summed E-state index contributed by atoms with van der Waals surface area (Å²) in [5.41, 5.74) is 5.69. The van der Waals surface area contributed by atoms with E-state index in [1.54, 1.807) is 6.07 Å². The molecule has 3 rings (SSSR count). The summed E-state index contributed by atoms with van der Waals surface area (Å²) >= 11 is 0. The minimum absolute atomic E-state index is 0. The van der Waals surface area contributed by atoms with E-state index in [0.717, 1.165) is 6.42 Å². The molecule has 2 aliphatic heterocycles. The van der Waals surface area contributed by atoms with E-state index in [1.807, 2.05) is 0 Å². The average Bonchev–Trinajstić information content (AvgIpc) is 2.94. The van der Waals surface area contributed by atoms with Crippen LogP contribution in [0.2, 0.25) is 0 Å². The Hall–Kier alpha value is -1.70. The number of nitrogens with two attached hydrogens (primary N) is 1. The molecular weight excluding hydrogens is 337 g/mol. The molecule has 2 aliphatic rings. The molecule has 24 heavy (non-hydrogen) atoms. The summed E-state index contributed by atoms with van der Waals surface area (Å²) in [7, 11) is 0. The molecule has 0 radical (unpaired) electrons. The number of rotatable bonds is 3. The molecule has 1 aromatic carbocycles. The van der Waals surface area contributed by atoms with Crippen molar-refractivity contribution < 1.29 is 18.7 Å². The van der Waals surface area contributed by atoms with Crippen molar-refractivity contribution >= 4 is 35.6 Å². The third-order valence-electron chi connectivity index (χ3n) is 4.41. The number of carbonyl (C=O) groups is 2. The lowest BCUT2D eigenvalue weighted by molar-refractivity contribution is -0.124. The maximum Gasteiger partial charge on any atom is 0.244 e. The van der Waals surface area contributed by atoms with Gasteiger partial charge in [-0.25, -0.2) is 4.39 Å². The van der Waals surface area contributed by atoms with Gasteiger partial charge in [0.15, 0.2) is 0 Å². The van der Waals surface area contributed by atoms with Crippen LogP contribution in [-0.4, -0.2) is 37.1 Å². The first-order valence-corrected chi connectivity index (χ1v) is 7.78. The quantitative estimate of drug-likeness (QED) is 0.864. The van der Waals surface area contributed by atoms with Crippen LogP contribution < -0.4 is 16.0 Å². The average molecular weight is 358 g/mol. The lowest BCUT2D eigenvalue weighted by Gasteiger charge is -2.31. The SMILES string of the molecule is Cl.NC1(C(=O)Nc2ccc(N3CCCC3=O)c(F)c2)CCOCC1. The number of carbonyl (C=O) groups excluding carboxylic acids is 2. The summed E-state index contributed by atoms with van der Waals surface area (Å²) in [5, 5.41) is 2.66. The Kier molecular flexibility index (Phi) is 5.79. The van der Waals surface area contributed by atoms with Crippen LogP contribution in [0.5, 0.6) is 0 Å². The number of anilines is 2. The zero-order valence-electron chi connectivity index (χ0n) is 13.2. The number of hydrogen-bond donors (Lipinski definition) is 2. The highest BCUT2D eigenvalue weighted by Crippen LogP contribution is 2.27. The summed E-state index contributed by atoms with van der Waals surface area (Å²) in [4.78, 5) is 25.4. The molecule has 0 aromatic heterocycles. The summed E-state index contributed by atoms with van der Waals surface area (Å²) in [6.07, 6.45) is 2.04. The summed E-state index contributed by atoms with van der Waals surface area (Å²) in [6, 6.07) is 4.33. The highest BCUT2D eigenvalue weighted by molar-refractivity contribution is 5.99. The molecule has 2 saturated heterocycles. The fourth-order valence-corrected chi connectivity index (χ4v) is 2.92. The maximum atomic E-state index is 14.3. The van der Waals surface area contributed by atoms with Gasteiger partial charge in [-0.1, -0.05) is 0 Å². The maximum absolute atomic E-state index is 14.3. The van der Waals surface area contributed by atoms with E-state index in [-0.39, 0.29) is 29.9 Å². The van der Waals surface area contributed by atoms with Crippen LogP contribution in [0, 0.1) is 5.82 Å². The van der Waals surface area contributed by atoms with E-state index in [9.17, 15) is 14.0 Å². The van der Waals surface area contributed by atoms with E-state index in [4.69, 9.17) is 10.5 Å². The molecule has 2 fully saturated rings. The van der Waals surface area contributed by atoms with Gasteiger partial charge in [-0.15, -0.1) is 12.4 Å². The van der Waals surface area contributed by atoms with Crippen molar-refractivity contribution in [2.75, 3.05) is 30.0 Å². The number of benzene rings is 1. The van der Waals surface area contributed by atoms with Crippen molar-refractivity contribution in [2.45, 2.75) is 31.2 Å². The predicted octanol–water partition coefficient (Wildman–Crippen LogP) is 1.82. The minimum atomic E-state index is -0.988. The van der Waals surface area contributed by atoms with Crippen molar-refractivity contribution in [2.24, 2.45) is 5.73 Å². The molecule has 2 heterocycles. The molecule has 0 saturated carbocycles. The lowest BCUT2D eigenvalue weighted by atomic mass is 9.90. The number of nitrogens with zero attached hydrogens (tertiary/aromatic N) is 1. The molecule has 0 aliphatic carbocycles. The number of hydrogen-bond acceptors (Lipinski definition) is 4. The Morgan fingerprint density at radius 1 is 1.33 bits per heavy atom. The van der Waals surface area contributed by atoms with Gasteiger partial charge in [-0.2, -0.15) is 0 Å². The van der Waals surface area contributed by atoms with Gasteiger partial charge in [0.2, 0.25) is 11.8 Å². The van der Waals surface area contributed by atoms with Crippen LogP contribution in [0.4, 0.5) is 15.8 Å². The Morgan fingerprint density at radius 2 is 2.04 bits per heavy atom. The molecule has 0 unspecified atom stereocenters. The molecule has 132 valence electrons. The molecule has 0 atom stereocenters. The molecule has 0 bridgehead atoms. The Morgan fingerprint density at radius 3 is 2.62 bits per heavy atom. The van der Waals surface area contributed by atoms with Crippen LogP contribution in [0.15, 0.2) is 18.2 Å².